The number of aliphatic hydroxyl groups excluding tert-OH is 1. The van der Waals surface area contributed by atoms with E-state index in [1.165, 1.54) is 0 Å². The average Bonchev–Trinajstić information content (AvgIpc) is 3.52. The number of H-pyrrole nitrogens is 1. The summed E-state index contributed by atoms with van der Waals surface area (Å²) in [5, 5.41) is 12.2. The Morgan fingerprint density at radius 1 is 1.03 bits per heavy atom. The van der Waals surface area contributed by atoms with Crippen LogP contribution >= 0.6 is 0 Å². The Kier molecular flexibility index (Phi) is 5.00. The van der Waals surface area contributed by atoms with Gasteiger partial charge in [0.25, 0.3) is 11.7 Å². The molecule has 1 aromatic heterocycles. The molecule has 0 spiro atoms. The van der Waals surface area contributed by atoms with E-state index in [4.69, 9.17) is 0 Å². The molecule has 3 aromatic rings. The molecule has 1 aliphatic carbocycles. The molecule has 1 saturated heterocycles. The minimum absolute atomic E-state index is 0.0123. The highest BCUT2D eigenvalue weighted by atomic mass is 16.3. The third-order valence-electron chi connectivity index (χ3n) is 6.77. The first-order valence-corrected chi connectivity index (χ1v) is 11.1. The number of nitrogens with one attached hydrogen (secondary N) is 1. The molecule has 2 heterocycles. The number of amides is 1. The van der Waals surface area contributed by atoms with Crippen molar-refractivity contribution >= 4 is 34.0 Å². The molecule has 5 rings (SSSR count). The second kappa shape index (κ2) is 7.86. The van der Waals surface area contributed by atoms with Crippen molar-refractivity contribution in [2.75, 3.05) is 19.0 Å². The number of carbonyl (C=O) groups excluding carboxylic acids is 2. The van der Waals surface area contributed by atoms with Gasteiger partial charge in [-0.1, -0.05) is 43.2 Å². The van der Waals surface area contributed by atoms with Crippen LogP contribution in [0.4, 0.5) is 5.69 Å². The largest absolute Gasteiger partial charge is 0.507 e. The molecule has 2 aliphatic rings. The third-order valence-corrected chi connectivity index (χ3v) is 6.77. The number of anilines is 1. The highest BCUT2D eigenvalue weighted by Gasteiger charge is 2.49. The first-order chi connectivity index (χ1) is 15.5. The normalized spacial score (nSPS) is 21.1. The number of rotatable bonds is 4. The molecule has 6 heteroatoms. The van der Waals surface area contributed by atoms with Gasteiger partial charge >= 0.3 is 0 Å². The fraction of sp³-hybridized carbons (Fsp3) is 0.308. The highest BCUT2D eigenvalue weighted by Crippen LogP contribution is 2.44. The van der Waals surface area contributed by atoms with E-state index in [1.807, 2.05) is 67.5 Å². The minimum Gasteiger partial charge on any atom is -0.507 e. The molecule has 1 saturated carbocycles. The smallest absolute Gasteiger partial charge is 0.295 e. The Morgan fingerprint density at radius 2 is 1.72 bits per heavy atom. The number of ketones is 1. The lowest BCUT2D eigenvalue weighted by atomic mass is 9.94. The van der Waals surface area contributed by atoms with Crippen LogP contribution in [0.2, 0.25) is 0 Å². The molecule has 2 N–H and O–H groups in total. The first kappa shape index (κ1) is 20.4. The van der Waals surface area contributed by atoms with Crippen LogP contribution in [0.5, 0.6) is 0 Å². The van der Waals surface area contributed by atoms with Gasteiger partial charge in [0.15, 0.2) is 0 Å². The summed E-state index contributed by atoms with van der Waals surface area (Å²) in [6, 6.07) is 14.9. The standard InChI is InChI=1S/C26H27N3O3/c1-28(2)17-13-11-16(12-14-17)23-22(25(31)26(32)29(23)18-7-3-4-8-18)24(30)20-15-27-21-10-6-5-9-19(20)21/h5-6,9-15,18,23,27,30H,3-4,7-8H2,1-2H3/b24-22-. The van der Waals surface area contributed by atoms with Gasteiger partial charge in [-0.3, -0.25) is 9.59 Å². The van der Waals surface area contributed by atoms with E-state index in [2.05, 4.69) is 4.98 Å². The summed E-state index contributed by atoms with van der Waals surface area (Å²) >= 11 is 0. The van der Waals surface area contributed by atoms with Gasteiger partial charge in [0.1, 0.15) is 5.76 Å². The Labute approximate surface area is 187 Å². The van der Waals surface area contributed by atoms with E-state index in [1.54, 1.807) is 11.1 Å². The number of benzene rings is 2. The second-order valence-corrected chi connectivity index (χ2v) is 8.88. The maximum atomic E-state index is 13.3. The zero-order valence-corrected chi connectivity index (χ0v) is 18.3. The first-order valence-electron chi connectivity index (χ1n) is 11.1. The molecule has 0 bridgehead atoms. The van der Waals surface area contributed by atoms with Gasteiger partial charge in [-0.2, -0.15) is 0 Å². The lowest BCUT2D eigenvalue weighted by molar-refractivity contribution is -0.141. The number of hydrogen-bond acceptors (Lipinski definition) is 4. The number of carbonyl (C=O) groups is 2. The van der Waals surface area contributed by atoms with Gasteiger partial charge < -0.3 is 19.9 Å². The van der Waals surface area contributed by atoms with Crippen LogP contribution in [0.15, 0.2) is 60.3 Å². The Hall–Kier alpha value is -3.54. The maximum absolute atomic E-state index is 13.3. The molecule has 1 aliphatic heterocycles. The van der Waals surface area contributed by atoms with Crippen molar-refractivity contribution in [3.63, 3.8) is 0 Å². The summed E-state index contributed by atoms with van der Waals surface area (Å²) in [6.45, 7) is 0. The van der Waals surface area contributed by atoms with Gasteiger partial charge in [0, 0.05) is 48.5 Å². The lowest BCUT2D eigenvalue weighted by Gasteiger charge is -2.31. The summed E-state index contributed by atoms with van der Waals surface area (Å²) in [5.74, 6) is -1.25. The Balaban J connectivity index is 1.69. The van der Waals surface area contributed by atoms with Gasteiger partial charge in [-0.05, 0) is 36.6 Å². The van der Waals surface area contributed by atoms with Gasteiger partial charge in [-0.25, -0.2) is 0 Å². The number of aromatic amines is 1. The highest BCUT2D eigenvalue weighted by molar-refractivity contribution is 6.46. The maximum Gasteiger partial charge on any atom is 0.295 e. The number of likely N-dealkylation sites (tertiary alicyclic amines) is 1. The van der Waals surface area contributed by atoms with Gasteiger partial charge in [-0.15, -0.1) is 0 Å². The van der Waals surface area contributed by atoms with Gasteiger partial charge in [0.2, 0.25) is 0 Å². The number of Topliss-reactive ketones (excluding diaryl/α,β-unsaturated/α-hetero) is 1. The van der Waals surface area contributed by atoms with E-state index < -0.39 is 17.7 Å². The van der Waals surface area contributed by atoms with Crippen LogP contribution in [0, 0.1) is 0 Å². The van der Waals surface area contributed by atoms with Crippen LogP contribution in [-0.2, 0) is 9.59 Å². The van der Waals surface area contributed by atoms with Crippen molar-refractivity contribution in [2.45, 2.75) is 37.8 Å². The molecule has 32 heavy (non-hydrogen) atoms. The summed E-state index contributed by atoms with van der Waals surface area (Å²) in [7, 11) is 3.94. The summed E-state index contributed by atoms with van der Waals surface area (Å²) in [6.07, 6.45) is 5.55. The van der Waals surface area contributed by atoms with E-state index in [0.29, 0.717) is 5.56 Å². The molecular formula is C26H27N3O3. The SMILES string of the molecule is CN(C)c1ccc(C2/C(=C(/O)c3c[nH]c4ccccc34)C(=O)C(=O)N2C2CCCC2)cc1. The zero-order chi connectivity index (χ0) is 22.4. The molecule has 164 valence electrons. The number of nitrogens with zero attached hydrogens (tertiary/aromatic N) is 2. The molecule has 0 radical (unpaired) electrons. The van der Waals surface area contributed by atoms with E-state index in [0.717, 1.165) is 47.8 Å². The second-order valence-electron chi connectivity index (χ2n) is 8.88. The molecule has 1 unspecified atom stereocenters. The van der Waals surface area contributed by atoms with Crippen molar-refractivity contribution in [1.29, 1.82) is 0 Å². The molecule has 2 aromatic carbocycles. The molecule has 6 nitrogen and oxygen atoms in total. The number of para-hydroxylation sites is 1. The quantitative estimate of drug-likeness (QED) is 0.361. The van der Waals surface area contributed by atoms with Crippen molar-refractivity contribution in [3.05, 3.63) is 71.4 Å². The van der Waals surface area contributed by atoms with Crippen molar-refractivity contribution in [2.24, 2.45) is 0 Å². The van der Waals surface area contributed by atoms with Crippen molar-refractivity contribution < 1.29 is 14.7 Å². The minimum atomic E-state index is -0.610. The predicted molar refractivity (Wildman–Crippen MR) is 125 cm³/mol. The van der Waals surface area contributed by atoms with Crippen LogP contribution in [0.25, 0.3) is 16.7 Å². The number of aliphatic hydroxyl groups is 1. The summed E-state index contributed by atoms with van der Waals surface area (Å²) < 4.78 is 0. The molecular weight excluding hydrogens is 402 g/mol. The van der Waals surface area contributed by atoms with Crippen LogP contribution in [0.1, 0.15) is 42.9 Å². The fourth-order valence-corrected chi connectivity index (χ4v) is 5.10. The fourth-order valence-electron chi connectivity index (χ4n) is 5.10. The van der Waals surface area contributed by atoms with E-state index in [-0.39, 0.29) is 17.4 Å². The zero-order valence-electron chi connectivity index (χ0n) is 18.3. The number of hydrogen-bond donors (Lipinski definition) is 2. The Morgan fingerprint density at radius 3 is 2.41 bits per heavy atom. The Bertz CT molecular complexity index is 1220. The third kappa shape index (κ3) is 3.18. The van der Waals surface area contributed by atoms with E-state index in [9.17, 15) is 14.7 Å². The number of aromatic nitrogens is 1. The lowest BCUT2D eigenvalue weighted by Crippen LogP contribution is -2.37. The summed E-state index contributed by atoms with van der Waals surface area (Å²) in [4.78, 5) is 33.4. The monoisotopic (exact) mass is 429 g/mol. The van der Waals surface area contributed by atoms with Gasteiger partial charge in [0.05, 0.1) is 11.6 Å². The summed E-state index contributed by atoms with van der Waals surface area (Å²) in [5.41, 5.74) is 3.45. The topological polar surface area (TPSA) is 76.6 Å². The molecule has 1 amide bonds. The van der Waals surface area contributed by atoms with Crippen LogP contribution < -0.4 is 4.90 Å². The van der Waals surface area contributed by atoms with Crippen LogP contribution in [-0.4, -0.2) is 46.8 Å². The average molecular weight is 430 g/mol. The van der Waals surface area contributed by atoms with Crippen LogP contribution in [0.3, 0.4) is 0 Å². The van der Waals surface area contributed by atoms with Crippen molar-refractivity contribution in [1.82, 2.24) is 9.88 Å². The molecule has 2 fully saturated rings. The predicted octanol–water partition coefficient (Wildman–Crippen LogP) is 4.60. The van der Waals surface area contributed by atoms with E-state index >= 15 is 0 Å². The van der Waals surface area contributed by atoms with Crippen molar-refractivity contribution in [3.8, 4) is 0 Å². The molecule has 1 atom stereocenters. The number of fused-ring (bicyclic) bond motifs is 1.